The van der Waals surface area contributed by atoms with Crippen molar-refractivity contribution in [2.45, 2.75) is 13.1 Å². The van der Waals surface area contributed by atoms with Gasteiger partial charge in [-0.3, -0.25) is 0 Å². The Morgan fingerprint density at radius 3 is 2.29 bits per heavy atom. The Morgan fingerprint density at radius 1 is 0.941 bits per heavy atom. The van der Waals surface area contributed by atoms with Gasteiger partial charge in [0.1, 0.15) is 5.75 Å². The van der Waals surface area contributed by atoms with Gasteiger partial charge in [0.2, 0.25) is 0 Å². The Bertz CT molecular complexity index is 497. The van der Waals surface area contributed by atoms with E-state index in [4.69, 9.17) is 5.73 Å². The number of nitrogens with one attached hydrogen (secondary N) is 1. The van der Waals surface area contributed by atoms with Crippen molar-refractivity contribution >= 4 is 5.69 Å². The summed E-state index contributed by atoms with van der Waals surface area (Å²) in [6.07, 6.45) is 0. The number of rotatable bonds is 4. The molecule has 0 heterocycles. The number of anilines is 1. The maximum atomic E-state index is 9.63. The van der Waals surface area contributed by atoms with Crippen LogP contribution in [0.4, 0.5) is 5.69 Å². The fourth-order valence-electron chi connectivity index (χ4n) is 1.74. The van der Waals surface area contributed by atoms with E-state index in [0.29, 0.717) is 13.1 Å². The van der Waals surface area contributed by atoms with Crippen LogP contribution in [0.1, 0.15) is 11.1 Å². The molecule has 0 atom stereocenters. The van der Waals surface area contributed by atoms with E-state index in [1.807, 2.05) is 36.4 Å². The zero-order valence-electron chi connectivity index (χ0n) is 9.56. The second kappa shape index (κ2) is 5.37. The summed E-state index contributed by atoms with van der Waals surface area (Å²) < 4.78 is 0. The highest BCUT2D eigenvalue weighted by Gasteiger charge is 2.02. The second-order valence-corrected chi connectivity index (χ2v) is 3.84. The minimum Gasteiger partial charge on any atom is -0.506 e. The van der Waals surface area contributed by atoms with Gasteiger partial charge in [0.25, 0.3) is 0 Å². The number of aromatic hydroxyl groups is 1. The summed E-state index contributed by atoms with van der Waals surface area (Å²) in [4.78, 5) is 0. The van der Waals surface area contributed by atoms with Gasteiger partial charge in [-0.15, -0.1) is 0 Å². The van der Waals surface area contributed by atoms with Crippen molar-refractivity contribution in [3.63, 3.8) is 0 Å². The van der Waals surface area contributed by atoms with Gasteiger partial charge < -0.3 is 16.2 Å². The summed E-state index contributed by atoms with van der Waals surface area (Å²) in [5.74, 6) is 0.262. The maximum Gasteiger partial charge on any atom is 0.138 e. The summed E-state index contributed by atoms with van der Waals surface area (Å²) in [5.41, 5.74) is 8.68. The van der Waals surface area contributed by atoms with Crippen LogP contribution in [0.15, 0.2) is 48.5 Å². The number of nitrogens with two attached hydrogens (primary N) is 1. The van der Waals surface area contributed by atoms with Crippen LogP contribution < -0.4 is 11.1 Å². The molecule has 88 valence electrons. The lowest BCUT2D eigenvalue weighted by Crippen LogP contribution is -2.06. The van der Waals surface area contributed by atoms with Crippen molar-refractivity contribution in [2.24, 2.45) is 5.73 Å². The average molecular weight is 228 g/mol. The molecule has 0 fully saturated rings. The minimum atomic E-state index is 0.262. The smallest absolute Gasteiger partial charge is 0.138 e. The van der Waals surface area contributed by atoms with Crippen molar-refractivity contribution in [1.82, 2.24) is 0 Å². The molecular formula is C14H16N2O. The first kappa shape index (κ1) is 11.5. The van der Waals surface area contributed by atoms with E-state index in [9.17, 15) is 5.11 Å². The number of para-hydroxylation sites is 2. The Hall–Kier alpha value is -2.00. The van der Waals surface area contributed by atoms with Gasteiger partial charge in [0.05, 0.1) is 5.69 Å². The molecule has 0 saturated carbocycles. The zero-order chi connectivity index (χ0) is 12.1. The standard InChI is InChI=1S/C14H16N2O/c15-9-11-5-1-2-6-12(11)10-16-13-7-3-4-8-14(13)17/h1-8,16-17H,9-10,15H2. The fraction of sp³-hybridized carbons (Fsp3) is 0.143. The number of phenols is 1. The van der Waals surface area contributed by atoms with Crippen LogP contribution in [-0.4, -0.2) is 5.11 Å². The van der Waals surface area contributed by atoms with Gasteiger partial charge in [0, 0.05) is 13.1 Å². The van der Waals surface area contributed by atoms with Crippen molar-refractivity contribution in [2.75, 3.05) is 5.32 Å². The van der Waals surface area contributed by atoms with E-state index < -0.39 is 0 Å². The van der Waals surface area contributed by atoms with Crippen LogP contribution in [0.3, 0.4) is 0 Å². The number of benzene rings is 2. The fourth-order valence-corrected chi connectivity index (χ4v) is 1.74. The normalized spacial score (nSPS) is 10.2. The highest BCUT2D eigenvalue weighted by atomic mass is 16.3. The maximum absolute atomic E-state index is 9.63. The SMILES string of the molecule is NCc1ccccc1CNc1ccccc1O. The Labute approximate surface area is 101 Å². The van der Waals surface area contributed by atoms with Gasteiger partial charge in [-0.1, -0.05) is 36.4 Å². The van der Waals surface area contributed by atoms with E-state index in [-0.39, 0.29) is 5.75 Å². The van der Waals surface area contributed by atoms with Crippen LogP contribution in [0.2, 0.25) is 0 Å². The molecular weight excluding hydrogens is 212 g/mol. The molecule has 0 aliphatic rings. The highest BCUT2D eigenvalue weighted by molar-refractivity contribution is 5.55. The van der Waals surface area contributed by atoms with Gasteiger partial charge >= 0.3 is 0 Å². The van der Waals surface area contributed by atoms with E-state index in [0.717, 1.165) is 16.8 Å². The topological polar surface area (TPSA) is 58.3 Å². The summed E-state index contributed by atoms with van der Waals surface area (Å²) in [7, 11) is 0. The molecule has 0 amide bonds. The molecule has 0 spiro atoms. The predicted octanol–water partition coefficient (Wildman–Crippen LogP) is 2.46. The van der Waals surface area contributed by atoms with Crippen LogP contribution in [0.5, 0.6) is 5.75 Å². The largest absolute Gasteiger partial charge is 0.506 e. The molecule has 3 nitrogen and oxygen atoms in total. The molecule has 4 N–H and O–H groups in total. The summed E-state index contributed by atoms with van der Waals surface area (Å²) >= 11 is 0. The number of phenolic OH excluding ortho intramolecular Hbond substituents is 1. The first-order valence-corrected chi connectivity index (χ1v) is 5.60. The predicted molar refractivity (Wildman–Crippen MR) is 69.8 cm³/mol. The van der Waals surface area contributed by atoms with Crippen LogP contribution in [-0.2, 0) is 13.1 Å². The van der Waals surface area contributed by atoms with E-state index >= 15 is 0 Å². The average Bonchev–Trinajstić information content (AvgIpc) is 2.38. The summed E-state index contributed by atoms with van der Waals surface area (Å²) in [6, 6.07) is 15.2. The molecule has 17 heavy (non-hydrogen) atoms. The van der Waals surface area contributed by atoms with E-state index in [1.165, 1.54) is 0 Å². The number of hydrogen-bond acceptors (Lipinski definition) is 3. The molecule has 3 heteroatoms. The highest BCUT2D eigenvalue weighted by Crippen LogP contribution is 2.22. The van der Waals surface area contributed by atoms with Crippen molar-refractivity contribution < 1.29 is 5.11 Å². The Balaban J connectivity index is 2.10. The zero-order valence-corrected chi connectivity index (χ0v) is 9.56. The van der Waals surface area contributed by atoms with Gasteiger partial charge in [-0.25, -0.2) is 0 Å². The third-order valence-corrected chi connectivity index (χ3v) is 2.71. The Morgan fingerprint density at radius 2 is 1.59 bits per heavy atom. The third-order valence-electron chi connectivity index (χ3n) is 2.71. The summed E-state index contributed by atoms with van der Waals surface area (Å²) in [5, 5.41) is 12.8. The molecule has 2 rings (SSSR count). The molecule has 0 aliphatic carbocycles. The van der Waals surface area contributed by atoms with Crippen LogP contribution >= 0.6 is 0 Å². The lowest BCUT2D eigenvalue weighted by atomic mass is 10.1. The van der Waals surface area contributed by atoms with Gasteiger partial charge in [-0.2, -0.15) is 0 Å². The van der Waals surface area contributed by atoms with E-state index in [1.54, 1.807) is 12.1 Å². The molecule has 0 unspecified atom stereocenters. The third kappa shape index (κ3) is 2.77. The molecule has 0 aliphatic heterocycles. The van der Waals surface area contributed by atoms with Crippen molar-refractivity contribution in [1.29, 1.82) is 0 Å². The lowest BCUT2D eigenvalue weighted by molar-refractivity contribution is 0.477. The molecule has 0 radical (unpaired) electrons. The first-order chi connectivity index (χ1) is 8.31. The van der Waals surface area contributed by atoms with Crippen molar-refractivity contribution in [3.05, 3.63) is 59.7 Å². The Kier molecular flexibility index (Phi) is 3.62. The van der Waals surface area contributed by atoms with Crippen LogP contribution in [0, 0.1) is 0 Å². The first-order valence-electron chi connectivity index (χ1n) is 5.60. The molecule has 2 aromatic rings. The van der Waals surface area contributed by atoms with Crippen molar-refractivity contribution in [3.8, 4) is 5.75 Å². The second-order valence-electron chi connectivity index (χ2n) is 3.84. The molecule has 0 aromatic heterocycles. The van der Waals surface area contributed by atoms with Gasteiger partial charge in [0.15, 0.2) is 0 Å². The molecule has 2 aromatic carbocycles. The van der Waals surface area contributed by atoms with Gasteiger partial charge in [-0.05, 0) is 23.3 Å². The lowest BCUT2D eigenvalue weighted by Gasteiger charge is -2.11. The van der Waals surface area contributed by atoms with Crippen LogP contribution in [0.25, 0.3) is 0 Å². The monoisotopic (exact) mass is 228 g/mol. The van der Waals surface area contributed by atoms with E-state index in [2.05, 4.69) is 5.32 Å². The number of hydrogen-bond donors (Lipinski definition) is 3. The summed E-state index contributed by atoms with van der Waals surface area (Å²) in [6.45, 7) is 1.18. The minimum absolute atomic E-state index is 0.262. The molecule has 0 saturated heterocycles. The molecule has 0 bridgehead atoms. The quantitative estimate of drug-likeness (QED) is 0.704.